The van der Waals surface area contributed by atoms with Gasteiger partial charge < -0.3 is 10.1 Å². The van der Waals surface area contributed by atoms with Gasteiger partial charge in [-0.2, -0.15) is 5.26 Å². The number of thiophene rings is 1. The number of fused-ring (bicyclic) bond motifs is 1. The summed E-state index contributed by atoms with van der Waals surface area (Å²) in [5, 5.41) is 12.0. The Balaban J connectivity index is 1.86. The van der Waals surface area contributed by atoms with Crippen LogP contribution in [0.4, 0.5) is 5.69 Å². The summed E-state index contributed by atoms with van der Waals surface area (Å²) in [4.78, 5) is 42.1. The lowest BCUT2D eigenvalue weighted by atomic mass is 10.2. The van der Waals surface area contributed by atoms with E-state index in [-0.39, 0.29) is 23.6 Å². The van der Waals surface area contributed by atoms with E-state index >= 15 is 0 Å². The van der Waals surface area contributed by atoms with Crippen molar-refractivity contribution < 1.29 is 14.3 Å². The predicted octanol–water partition coefficient (Wildman–Crippen LogP) is 3.11. The third-order valence-corrected chi connectivity index (χ3v) is 5.56. The number of carbonyl (C=O) groups is 2. The highest BCUT2D eigenvalue weighted by Gasteiger charge is 2.20. The number of carbonyl (C=O) groups excluding carboxylic acids is 2. The summed E-state index contributed by atoms with van der Waals surface area (Å²) in [6.45, 7) is 3.30. The SMILES string of the molecule is CCOC(=O)c1sc2ncn(CC(=O)Nc3ccc(C#N)c(Cl)c3)c(=O)c2c1C. The number of aryl methyl sites for hydroxylation is 1. The second kappa shape index (κ2) is 8.43. The van der Waals surface area contributed by atoms with E-state index in [4.69, 9.17) is 21.6 Å². The summed E-state index contributed by atoms with van der Waals surface area (Å²) in [5.74, 6) is -0.970. The Morgan fingerprint density at radius 3 is 2.83 bits per heavy atom. The molecule has 10 heteroatoms. The highest BCUT2D eigenvalue weighted by Crippen LogP contribution is 2.27. The molecule has 0 spiro atoms. The molecule has 2 aromatic heterocycles. The number of anilines is 1. The Morgan fingerprint density at radius 1 is 1.41 bits per heavy atom. The van der Waals surface area contributed by atoms with Crippen LogP contribution in [0.5, 0.6) is 0 Å². The van der Waals surface area contributed by atoms with Crippen LogP contribution in [-0.2, 0) is 16.1 Å². The molecule has 1 amide bonds. The van der Waals surface area contributed by atoms with E-state index in [0.29, 0.717) is 26.5 Å². The summed E-state index contributed by atoms with van der Waals surface area (Å²) in [6, 6.07) is 6.42. The van der Waals surface area contributed by atoms with Crippen molar-refractivity contribution in [1.82, 2.24) is 9.55 Å². The van der Waals surface area contributed by atoms with Crippen LogP contribution in [0.25, 0.3) is 10.2 Å². The highest BCUT2D eigenvalue weighted by atomic mass is 35.5. The summed E-state index contributed by atoms with van der Waals surface area (Å²) in [6.07, 6.45) is 1.26. The molecule has 0 unspecified atom stereocenters. The molecule has 1 N–H and O–H groups in total. The van der Waals surface area contributed by atoms with E-state index in [9.17, 15) is 14.4 Å². The zero-order valence-electron chi connectivity index (χ0n) is 15.5. The molecule has 148 valence electrons. The van der Waals surface area contributed by atoms with Crippen molar-refractivity contribution in [2.75, 3.05) is 11.9 Å². The zero-order valence-corrected chi connectivity index (χ0v) is 17.1. The van der Waals surface area contributed by atoms with Crippen LogP contribution in [0.15, 0.2) is 29.3 Å². The largest absolute Gasteiger partial charge is 0.462 e. The van der Waals surface area contributed by atoms with Crippen LogP contribution in [-0.4, -0.2) is 28.0 Å². The molecule has 0 atom stereocenters. The molecule has 0 aliphatic heterocycles. The van der Waals surface area contributed by atoms with Gasteiger partial charge >= 0.3 is 5.97 Å². The molecule has 0 saturated heterocycles. The van der Waals surface area contributed by atoms with Crippen LogP contribution in [0.3, 0.4) is 0 Å². The van der Waals surface area contributed by atoms with Gasteiger partial charge in [0.1, 0.15) is 22.3 Å². The van der Waals surface area contributed by atoms with Crippen molar-refractivity contribution in [2.45, 2.75) is 20.4 Å². The van der Waals surface area contributed by atoms with Gasteiger partial charge in [0.2, 0.25) is 5.91 Å². The maximum absolute atomic E-state index is 12.8. The van der Waals surface area contributed by atoms with Crippen LogP contribution >= 0.6 is 22.9 Å². The lowest BCUT2D eigenvalue weighted by Crippen LogP contribution is -2.27. The van der Waals surface area contributed by atoms with Gasteiger partial charge in [-0.3, -0.25) is 14.2 Å². The Kier molecular flexibility index (Phi) is 5.96. The van der Waals surface area contributed by atoms with Gasteiger partial charge in [-0.15, -0.1) is 11.3 Å². The molecule has 3 rings (SSSR count). The third-order valence-electron chi connectivity index (χ3n) is 4.07. The second-order valence-electron chi connectivity index (χ2n) is 5.99. The average Bonchev–Trinajstić information content (AvgIpc) is 3.02. The fourth-order valence-corrected chi connectivity index (χ4v) is 3.96. The Hall–Kier alpha value is -3.22. The molecule has 2 heterocycles. The van der Waals surface area contributed by atoms with E-state index < -0.39 is 17.4 Å². The first-order valence-electron chi connectivity index (χ1n) is 8.50. The fourth-order valence-electron chi connectivity index (χ4n) is 2.70. The summed E-state index contributed by atoms with van der Waals surface area (Å²) >= 11 is 7.04. The molecule has 3 aromatic rings. The van der Waals surface area contributed by atoms with Gasteiger partial charge in [0.05, 0.1) is 28.9 Å². The quantitative estimate of drug-likeness (QED) is 0.622. The molecule has 29 heavy (non-hydrogen) atoms. The number of ether oxygens (including phenoxy) is 1. The van der Waals surface area contributed by atoms with Gasteiger partial charge in [-0.05, 0) is 37.6 Å². The second-order valence-corrected chi connectivity index (χ2v) is 7.40. The molecule has 0 aliphatic carbocycles. The summed E-state index contributed by atoms with van der Waals surface area (Å²) in [5.41, 5.74) is 0.750. The average molecular weight is 431 g/mol. The Labute approximate surface area is 174 Å². The lowest BCUT2D eigenvalue weighted by Gasteiger charge is -2.08. The monoisotopic (exact) mass is 430 g/mol. The van der Waals surface area contributed by atoms with Crippen molar-refractivity contribution in [3.8, 4) is 6.07 Å². The van der Waals surface area contributed by atoms with E-state index in [2.05, 4.69) is 10.3 Å². The number of esters is 1. The number of amides is 1. The van der Waals surface area contributed by atoms with Crippen LogP contribution in [0, 0.1) is 18.3 Å². The van der Waals surface area contributed by atoms with Crippen molar-refractivity contribution in [3.05, 3.63) is 55.9 Å². The maximum atomic E-state index is 12.8. The topological polar surface area (TPSA) is 114 Å². The predicted molar refractivity (Wildman–Crippen MR) is 109 cm³/mol. The first kappa shape index (κ1) is 20.5. The molecule has 0 bridgehead atoms. The molecular weight excluding hydrogens is 416 g/mol. The van der Waals surface area contributed by atoms with Gasteiger partial charge in [-0.1, -0.05) is 11.6 Å². The van der Waals surface area contributed by atoms with Crippen molar-refractivity contribution >= 4 is 50.7 Å². The molecule has 0 saturated carbocycles. The number of halogens is 1. The third kappa shape index (κ3) is 4.13. The minimum atomic E-state index is -0.505. The Morgan fingerprint density at radius 2 is 2.17 bits per heavy atom. The molecule has 0 radical (unpaired) electrons. The molecule has 0 aliphatic rings. The van der Waals surface area contributed by atoms with Crippen molar-refractivity contribution in [1.29, 1.82) is 5.26 Å². The van der Waals surface area contributed by atoms with E-state index in [0.717, 1.165) is 15.9 Å². The van der Waals surface area contributed by atoms with E-state index in [1.54, 1.807) is 19.9 Å². The van der Waals surface area contributed by atoms with Crippen molar-refractivity contribution in [3.63, 3.8) is 0 Å². The number of benzene rings is 1. The maximum Gasteiger partial charge on any atom is 0.348 e. The summed E-state index contributed by atoms with van der Waals surface area (Å²) in [7, 11) is 0. The molecule has 8 nitrogen and oxygen atoms in total. The van der Waals surface area contributed by atoms with Gasteiger partial charge in [0, 0.05) is 5.69 Å². The number of hydrogen-bond acceptors (Lipinski definition) is 7. The normalized spacial score (nSPS) is 10.6. The van der Waals surface area contributed by atoms with Crippen LogP contribution in [0.1, 0.15) is 27.7 Å². The standard InChI is InChI=1S/C19H15ClN4O4S/c1-3-28-19(27)16-10(2)15-17(29-16)22-9-24(18(15)26)8-14(25)23-12-5-4-11(7-21)13(20)6-12/h4-6,9H,3,8H2,1-2H3,(H,23,25). The first-order valence-corrected chi connectivity index (χ1v) is 9.70. The number of nitrogens with one attached hydrogen (secondary N) is 1. The van der Waals surface area contributed by atoms with Gasteiger partial charge in [0.25, 0.3) is 5.56 Å². The molecule has 0 fully saturated rings. The van der Waals surface area contributed by atoms with Crippen LogP contribution in [0.2, 0.25) is 5.02 Å². The lowest BCUT2D eigenvalue weighted by molar-refractivity contribution is -0.116. The molecule has 1 aromatic carbocycles. The number of aromatic nitrogens is 2. The summed E-state index contributed by atoms with van der Waals surface area (Å²) < 4.78 is 6.17. The minimum Gasteiger partial charge on any atom is -0.462 e. The smallest absolute Gasteiger partial charge is 0.348 e. The first-order chi connectivity index (χ1) is 13.8. The fraction of sp³-hybridized carbons (Fsp3) is 0.211. The number of nitriles is 1. The zero-order chi connectivity index (χ0) is 21.1. The number of nitrogens with zero attached hydrogens (tertiary/aromatic N) is 3. The molecular formula is C19H15ClN4O4S. The van der Waals surface area contributed by atoms with E-state index in [1.807, 2.05) is 6.07 Å². The van der Waals surface area contributed by atoms with Crippen molar-refractivity contribution in [2.24, 2.45) is 0 Å². The number of rotatable bonds is 5. The highest BCUT2D eigenvalue weighted by molar-refractivity contribution is 7.20. The van der Waals surface area contributed by atoms with Crippen LogP contribution < -0.4 is 10.9 Å². The van der Waals surface area contributed by atoms with E-state index in [1.165, 1.54) is 18.5 Å². The van der Waals surface area contributed by atoms with Gasteiger partial charge in [0.15, 0.2) is 0 Å². The van der Waals surface area contributed by atoms with Gasteiger partial charge in [-0.25, -0.2) is 9.78 Å². The Bertz CT molecular complexity index is 1230. The number of hydrogen-bond donors (Lipinski definition) is 1. The minimum absolute atomic E-state index is 0.214.